The van der Waals surface area contributed by atoms with Gasteiger partial charge in [-0.05, 0) is 36.8 Å². The molecule has 0 saturated carbocycles. The first-order chi connectivity index (χ1) is 15.9. The van der Waals surface area contributed by atoms with E-state index in [1.54, 1.807) is 31.4 Å². The van der Waals surface area contributed by atoms with E-state index in [4.69, 9.17) is 17.0 Å². The number of hydrogen-bond acceptors (Lipinski definition) is 6. The Hall–Kier alpha value is -3.08. The number of ether oxygens (including phenoxy) is 1. The molecule has 2 heterocycles. The summed E-state index contributed by atoms with van der Waals surface area (Å²) < 4.78 is 18.5. The van der Waals surface area contributed by atoms with Gasteiger partial charge in [0, 0.05) is 31.5 Å². The van der Waals surface area contributed by atoms with Crippen molar-refractivity contribution in [1.82, 2.24) is 4.90 Å². The van der Waals surface area contributed by atoms with Crippen LogP contribution < -0.4 is 10.2 Å². The molecule has 7 nitrogen and oxygen atoms in total. The van der Waals surface area contributed by atoms with Gasteiger partial charge in [0.2, 0.25) is 5.91 Å². The Labute approximate surface area is 199 Å². The Morgan fingerprint density at radius 3 is 2.55 bits per heavy atom. The third kappa shape index (κ3) is 4.68. The van der Waals surface area contributed by atoms with E-state index in [-0.39, 0.29) is 22.9 Å². The van der Waals surface area contributed by atoms with E-state index < -0.39 is 17.6 Å². The highest BCUT2D eigenvalue weighted by atomic mass is 32.2. The maximum atomic E-state index is 13.4. The number of halogens is 1. The summed E-state index contributed by atoms with van der Waals surface area (Å²) in [6.07, 6.45) is 0.617. The summed E-state index contributed by atoms with van der Waals surface area (Å²) in [5.41, 5.74) is 1.77. The molecule has 0 aromatic heterocycles. The van der Waals surface area contributed by atoms with E-state index in [0.29, 0.717) is 40.8 Å². The maximum absolute atomic E-state index is 13.4. The molecule has 2 aromatic rings. The van der Waals surface area contributed by atoms with Crippen LogP contribution in [0.4, 0.5) is 15.8 Å². The second kappa shape index (κ2) is 9.82. The zero-order chi connectivity index (χ0) is 23.5. The topological polar surface area (TPSA) is 79.0 Å². The van der Waals surface area contributed by atoms with Crippen molar-refractivity contribution >= 4 is 63.0 Å². The molecule has 4 rings (SSSR count). The monoisotopic (exact) mass is 485 g/mol. The third-order valence-electron chi connectivity index (χ3n) is 5.16. The predicted octanol–water partition coefficient (Wildman–Crippen LogP) is 3.42. The Kier molecular flexibility index (Phi) is 6.87. The van der Waals surface area contributed by atoms with Crippen LogP contribution >= 0.6 is 24.0 Å². The first kappa shape index (κ1) is 23.1. The molecule has 0 bridgehead atoms. The molecule has 0 radical (unpaired) electrons. The number of anilines is 2. The number of fused-ring (bicyclic) bond motifs is 1. The Bertz CT molecular complexity index is 1170. The lowest BCUT2D eigenvalue weighted by Crippen LogP contribution is -2.35. The van der Waals surface area contributed by atoms with E-state index in [0.717, 1.165) is 11.8 Å². The largest absolute Gasteiger partial charge is 0.385 e. The molecule has 2 aliphatic rings. The number of carbonyl (C=O) groups is 3. The normalized spacial score (nSPS) is 17.7. The molecule has 170 valence electrons. The molecule has 1 saturated heterocycles. The highest BCUT2D eigenvalue weighted by molar-refractivity contribution is 8.26. The number of thiocarbonyl (C=S) groups is 1. The van der Waals surface area contributed by atoms with Gasteiger partial charge >= 0.3 is 0 Å². The van der Waals surface area contributed by atoms with Gasteiger partial charge in [-0.15, -0.1) is 0 Å². The van der Waals surface area contributed by atoms with Crippen molar-refractivity contribution < 1.29 is 23.5 Å². The van der Waals surface area contributed by atoms with Crippen LogP contribution in [0.2, 0.25) is 0 Å². The van der Waals surface area contributed by atoms with Crippen molar-refractivity contribution in [2.75, 3.05) is 37.0 Å². The molecule has 0 aliphatic carbocycles. The zero-order valence-electron chi connectivity index (χ0n) is 17.7. The van der Waals surface area contributed by atoms with Crippen molar-refractivity contribution in [2.45, 2.75) is 6.42 Å². The van der Waals surface area contributed by atoms with Gasteiger partial charge in [0.05, 0.1) is 16.2 Å². The smallest absolute Gasteiger partial charge is 0.267 e. The summed E-state index contributed by atoms with van der Waals surface area (Å²) in [5, 5.41) is 2.65. The molecule has 3 amide bonds. The van der Waals surface area contributed by atoms with Crippen LogP contribution in [0.25, 0.3) is 5.57 Å². The minimum absolute atomic E-state index is 0.242. The first-order valence-electron chi connectivity index (χ1n) is 10.1. The fourth-order valence-corrected chi connectivity index (χ4v) is 5.02. The number of nitrogens with zero attached hydrogens (tertiary/aromatic N) is 2. The molecule has 33 heavy (non-hydrogen) atoms. The van der Waals surface area contributed by atoms with Crippen LogP contribution in [0.15, 0.2) is 53.4 Å². The highest BCUT2D eigenvalue weighted by Crippen LogP contribution is 2.44. The number of carbonyl (C=O) groups excluding carboxylic acids is 3. The van der Waals surface area contributed by atoms with E-state index in [2.05, 4.69) is 5.32 Å². The molecule has 0 atom stereocenters. The maximum Gasteiger partial charge on any atom is 0.267 e. The van der Waals surface area contributed by atoms with Gasteiger partial charge in [-0.2, -0.15) is 0 Å². The minimum Gasteiger partial charge on any atom is -0.385 e. The lowest BCUT2D eigenvalue weighted by molar-refractivity contribution is -0.122. The molecule has 10 heteroatoms. The molecule has 0 unspecified atom stereocenters. The van der Waals surface area contributed by atoms with E-state index in [1.165, 1.54) is 34.1 Å². The van der Waals surface area contributed by atoms with Crippen LogP contribution in [-0.4, -0.2) is 53.7 Å². The number of benzene rings is 2. The number of para-hydroxylation sites is 1. The SMILES string of the molecule is COCCCN1C(=O)/C(=C2\C(=O)N(CC(=O)Nc3ccc(F)cc3)c3ccccc32)SC1=S. The summed E-state index contributed by atoms with van der Waals surface area (Å²) in [7, 11) is 1.58. The molecule has 1 fully saturated rings. The zero-order valence-corrected chi connectivity index (χ0v) is 19.3. The summed E-state index contributed by atoms with van der Waals surface area (Å²) in [5.74, 6) is -1.63. The standard InChI is InChI=1S/C23H20FN3O4S2/c1-31-12-4-11-26-22(30)20(33-23(26)32)19-16-5-2-3-6-17(16)27(21(19)29)13-18(28)25-15-9-7-14(24)8-10-15/h2-3,5-10H,4,11-13H2,1H3,(H,25,28)/b20-19+. The molecular weight excluding hydrogens is 465 g/mol. The highest BCUT2D eigenvalue weighted by Gasteiger charge is 2.42. The molecule has 0 spiro atoms. The molecule has 2 aromatic carbocycles. The minimum atomic E-state index is -0.446. The average Bonchev–Trinajstić information content (AvgIpc) is 3.23. The van der Waals surface area contributed by atoms with Crippen LogP contribution in [-0.2, 0) is 19.1 Å². The van der Waals surface area contributed by atoms with E-state index in [9.17, 15) is 18.8 Å². The van der Waals surface area contributed by atoms with Crippen molar-refractivity contribution in [3.8, 4) is 0 Å². The molecular formula is C23H20FN3O4S2. The van der Waals surface area contributed by atoms with Crippen LogP contribution in [0.5, 0.6) is 0 Å². The van der Waals surface area contributed by atoms with E-state index >= 15 is 0 Å². The summed E-state index contributed by atoms with van der Waals surface area (Å²) in [4.78, 5) is 42.2. The van der Waals surface area contributed by atoms with Crippen LogP contribution in [0.3, 0.4) is 0 Å². The quantitative estimate of drug-likeness (QED) is 0.368. The summed E-state index contributed by atoms with van der Waals surface area (Å²) in [6, 6.07) is 12.4. The van der Waals surface area contributed by atoms with Gasteiger partial charge in [-0.1, -0.05) is 42.2 Å². The van der Waals surface area contributed by atoms with Gasteiger partial charge in [-0.25, -0.2) is 4.39 Å². The Balaban J connectivity index is 1.59. The number of hydrogen-bond donors (Lipinski definition) is 1. The number of thioether (sulfide) groups is 1. The van der Waals surface area contributed by atoms with Gasteiger partial charge in [0.1, 0.15) is 16.7 Å². The Morgan fingerprint density at radius 1 is 1.09 bits per heavy atom. The van der Waals surface area contributed by atoms with Crippen molar-refractivity contribution in [3.05, 3.63) is 64.8 Å². The Morgan fingerprint density at radius 2 is 1.82 bits per heavy atom. The van der Waals surface area contributed by atoms with Crippen LogP contribution in [0, 0.1) is 5.82 Å². The van der Waals surface area contributed by atoms with Crippen molar-refractivity contribution in [1.29, 1.82) is 0 Å². The number of rotatable bonds is 7. The molecule has 1 N–H and O–H groups in total. The predicted molar refractivity (Wildman–Crippen MR) is 129 cm³/mol. The fraction of sp³-hybridized carbons (Fsp3) is 0.217. The van der Waals surface area contributed by atoms with Crippen molar-refractivity contribution in [2.24, 2.45) is 0 Å². The van der Waals surface area contributed by atoms with Gasteiger partial charge in [0.15, 0.2) is 0 Å². The first-order valence-corrected chi connectivity index (χ1v) is 11.4. The van der Waals surface area contributed by atoms with Crippen molar-refractivity contribution in [3.63, 3.8) is 0 Å². The fourth-order valence-electron chi connectivity index (χ4n) is 3.64. The molecule has 2 aliphatic heterocycles. The van der Waals surface area contributed by atoms with Gasteiger partial charge in [-0.3, -0.25) is 24.2 Å². The lowest BCUT2D eigenvalue weighted by atomic mass is 10.1. The second-order valence-electron chi connectivity index (χ2n) is 7.34. The van der Waals surface area contributed by atoms with Gasteiger partial charge in [0.25, 0.3) is 11.8 Å². The third-order valence-corrected chi connectivity index (χ3v) is 6.61. The number of methoxy groups -OCH3 is 1. The summed E-state index contributed by atoms with van der Waals surface area (Å²) in [6.45, 7) is 0.626. The lowest BCUT2D eigenvalue weighted by Gasteiger charge is -2.17. The average molecular weight is 486 g/mol. The van der Waals surface area contributed by atoms with Crippen LogP contribution in [0.1, 0.15) is 12.0 Å². The van der Waals surface area contributed by atoms with Gasteiger partial charge < -0.3 is 10.1 Å². The second-order valence-corrected chi connectivity index (χ2v) is 8.98. The number of amides is 3. The summed E-state index contributed by atoms with van der Waals surface area (Å²) >= 11 is 6.47. The van der Waals surface area contributed by atoms with E-state index in [1.807, 2.05) is 0 Å². The number of nitrogens with one attached hydrogen (secondary N) is 1.